The summed E-state index contributed by atoms with van der Waals surface area (Å²) in [6.45, 7) is 7.12. The first-order chi connectivity index (χ1) is 13.7. The highest BCUT2D eigenvalue weighted by Crippen LogP contribution is 2.32. The molecule has 1 fully saturated rings. The molecule has 1 amide bonds. The van der Waals surface area contributed by atoms with Crippen molar-refractivity contribution in [3.05, 3.63) is 58.9 Å². The minimum Gasteiger partial charge on any atom is -0.379 e. The van der Waals surface area contributed by atoms with Crippen LogP contribution in [0.2, 0.25) is 5.02 Å². The number of nitrogens with zero attached hydrogens (tertiary/aromatic N) is 3. The quantitative estimate of drug-likeness (QED) is 0.802. The van der Waals surface area contributed by atoms with Crippen LogP contribution in [0, 0.1) is 0 Å². The number of hydrogen-bond acceptors (Lipinski definition) is 4. The Balaban J connectivity index is 1.39. The molecule has 7 heteroatoms. The van der Waals surface area contributed by atoms with Crippen LogP contribution in [0.25, 0.3) is 0 Å². The van der Waals surface area contributed by atoms with Crippen molar-refractivity contribution in [1.29, 1.82) is 0 Å². The molecule has 3 heterocycles. The number of aromatic nitrogens is 1. The number of benzene rings is 1. The molecule has 0 saturated carbocycles. The second kappa shape index (κ2) is 9.09. The Morgan fingerprint density at radius 1 is 1.11 bits per heavy atom. The van der Waals surface area contributed by atoms with Crippen LogP contribution in [0.4, 0.5) is 0 Å². The topological polar surface area (TPSA) is 49.7 Å². The van der Waals surface area contributed by atoms with Gasteiger partial charge in [0.05, 0.1) is 25.8 Å². The molecule has 1 atom stereocenters. The van der Waals surface area contributed by atoms with Crippen LogP contribution in [0.15, 0.2) is 42.6 Å². The third-order valence-corrected chi connectivity index (χ3v) is 5.78. The molecule has 2 aliphatic heterocycles. The lowest BCUT2D eigenvalue weighted by Crippen LogP contribution is -2.46. The third kappa shape index (κ3) is 4.58. The Hall–Kier alpha value is -1.86. The van der Waals surface area contributed by atoms with Crippen molar-refractivity contribution >= 4 is 17.5 Å². The van der Waals surface area contributed by atoms with Gasteiger partial charge in [-0.2, -0.15) is 0 Å². The molecule has 2 aromatic rings. The van der Waals surface area contributed by atoms with E-state index in [9.17, 15) is 4.79 Å². The summed E-state index contributed by atoms with van der Waals surface area (Å²) in [5.74, 6) is 0.0761. The Bertz CT molecular complexity index is 786. The van der Waals surface area contributed by atoms with Gasteiger partial charge in [0.2, 0.25) is 5.91 Å². The van der Waals surface area contributed by atoms with Crippen molar-refractivity contribution in [3.8, 4) is 0 Å². The summed E-state index contributed by atoms with van der Waals surface area (Å²) < 4.78 is 7.63. The minimum atomic E-state index is 0.0611. The Kier molecular flexibility index (Phi) is 6.32. The van der Waals surface area contributed by atoms with E-state index >= 15 is 0 Å². The van der Waals surface area contributed by atoms with Gasteiger partial charge in [-0.15, -0.1) is 0 Å². The predicted octanol–water partition coefficient (Wildman–Crippen LogP) is 1.99. The average Bonchev–Trinajstić information content (AvgIpc) is 3.18. The van der Waals surface area contributed by atoms with Crippen molar-refractivity contribution in [2.75, 3.05) is 52.5 Å². The van der Waals surface area contributed by atoms with Crippen LogP contribution in [0.1, 0.15) is 17.3 Å². The van der Waals surface area contributed by atoms with Crippen LogP contribution in [0.3, 0.4) is 0 Å². The highest BCUT2D eigenvalue weighted by molar-refractivity contribution is 6.30. The van der Waals surface area contributed by atoms with Gasteiger partial charge in [0.15, 0.2) is 0 Å². The van der Waals surface area contributed by atoms with E-state index < -0.39 is 0 Å². The molecule has 28 heavy (non-hydrogen) atoms. The van der Waals surface area contributed by atoms with Gasteiger partial charge in [0, 0.05) is 56.2 Å². The average molecular weight is 403 g/mol. The standard InChI is InChI=1S/C21H27ClN4O2/c22-18-5-3-17(4-6-18)21-19-2-1-8-25(19)10-11-26(21)16-20(27)23-7-9-24-12-14-28-15-13-24/h1-6,8,21H,7,9-16H2,(H,23,27). The van der Waals surface area contributed by atoms with Crippen molar-refractivity contribution in [3.63, 3.8) is 0 Å². The van der Waals surface area contributed by atoms with E-state index in [1.807, 2.05) is 12.1 Å². The molecule has 2 aliphatic rings. The van der Waals surface area contributed by atoms with Gasteiger partial charge in [0.1, 0.15) is 0 Å². The number of rotatable bonds is 6. The van der Waals surface area contributed by atoms with Gasteiger partial charge >= 0.3 is 0 Å². The van der Waals surface area contributed by atoms with E-state index in [4.69, 9.17) is 16.3 Å². The van der Waals surface area contributed by atoms with E-state index in [-0.39, 0.29) is 11.9 Å². The predicted molar refractivity (Wildman–Crippen MR) is 110 cm³/mol. The number of nitrogens with one attached hydrogen (secondary N) is 1. The number of hydrogen-bond donors (Lipinski definition) is 1. The zero-order valence-electron chi connectivity index (χ0n) is 16.0. The molecule has 1 saturated heterocycles. The summed E-state index contributed by atoms with van der Waals surface area (Å²) in [5.41, 5.74) is 2.37. The van der Waals surface area contributed by atoms with Crippen LogP contribution >= 0.6 is 11.6 Å². The summed E-state index contributed by atoms with van der Waals surface area (Å²) in [4.78, 5) is 17.2. The van der Waals surface area contributed by atoms with E-state index in [1.165, 1.54) is 5.69 Å². The summed E-state index contributed by atoms with van der Waals surface area (Å²) in [5, 5.41) is 3.81. The van der Waals surface area contributed by atoms with E-state index in [2.05, 4.69) is 50.1 Å². The SMILES string of the molecule is O=C(CN1CCn2cccc2C1c1ccc(Cl)cc1)NCCN1CCOCC1. The second-order valence-electron chi connectivity index (χ2n) is 7.35. The molecule has 0 spiro atoms. The Labute approximate surface area is 171 Å². The fourth-order valence-corrected chi connectivity index (χ4v) is 4.17. The highest BCUT2D eigenvalue weighted by atomic mass is 35.5. The first kappa shape index (κ1) is 19.5. The van der Waals surface area contributed by atoms with Gasteiger partial charge in [-0.05, 0) is 29.8 Å². The zero-order chi connectivity index (χ0) is 19.3. The molecule has 150 valence electrons. The maximum absolute atomic E-state index is 12.6. The normalized spacial score (nSPS) is 20.7. The molecule has 0 radical (unpaired) electrons. The maximum Gasteiger partial charge on any atom is 0.234 e. The number of halogens is 1. The van der Waals surface area contributed by atoms with Gasteiger partial charge in [0.25, 0.3) is 0 Å². The van der Waals surface area contributed by atoms with Crippen LogP contribution in [-0.4, -0.2) is 72.8 Å². The number of morpholine rings is 1. The van der Waals surface area contributed by atoms with Crippen molar-refractivity contribution in [1.82, 2.24) is 19.7 Å². The number of carbonyl (C=O) groups excluding carboxylic acids is 1. The van der Waals surface area contributed by atoms with Crippen LogP contribution in [-0.2, 0) is 16.1 Å². The van der Waals surface area contributed by atoms with Crippen molar-refractivity contribution in [2.45, 2.75) is 12.6 Å². The molecular weight excluding hydrogens is 376 g/mol. The summed E-state index contributed by atoms with van der Waals surface area (Å²) in [6.07, 6.45) is 2.11. The number of carbonyl (C=O) groups is 1. The lowest BCUT2D eigenvalue weighted by Gasteiger charge is -2.37. The molecule has 1 aromatic carbocycles. The van der Waals surface area contributed by atoms with Crippen LogP contribution < -0.4 is 5.32 Å². The molecular formula is C21H27ClN4O2. The smallest absolute Gasteiger partial charge is 0.234 e. The Morgan fingerprint density at radius 2 is 1.89 bits per heavy atom. The van der Waals surface area contributed by atoms with E-state index in [0.29, 0.717) is 13.1 Å². The van der Waals surface area contributed by atoms with Gasteiger partial charge < -0.3 is 14.6 Å². The lowest BCUT2D eigenvalue weighted by atomic mass is 10.00. The summed E-state index contributed by atoms with van der Waals surface area (Å²) in [7, 11) is 0. The highest BCUT2D eigenvalue weighted by Gasteiger charge is 2.30. The lowest BCUT2D eigenvalue weighted by molar-refractivity contribution is -0.123. The molecule has 1 aromatic heterocycles. The molecule has 4 rings (SSSR count). The number of fused-ring (bicyclic) bond motifs is 1. The summed E-state index contributed by atoms with van der Waals surface area (Å²) >= 11 is 6.08. The van der Waals surface area contributed by atoms with Gasteiger partial charge in [-0.1, -0.05) is 23.7 Å². The number of amides is 1. The second-order valence-corrected chi connectivity index (χ2v) is 7.79. The number of ether oxygens (including phenoxy) is 1. The first-order valence-electron chi connectivity index (χ1n) is 9.92. The largest absolute Gasteiger partial charge is 0.379 e. The maximum atomic E-state index is 12.6. The fraction of sp³-hybridized carbons (Fsp3) is 0.476. The van der Waals surface area contributed by atoms with Crippen molar-refractivity contribution in [2.24, 2.45) is 0 Å². The molecule has 6 nitrogen and oxygen atoms in total. The molecule has 0 bridgehead atoms. The minimum absolute atomic E-state index is 0.0611. The van der Waals surface area contributed by atoms with Gasteiger partial charge in [-0.3, -0.25) is 14.6 Å². The van der Waals surface area contributed by atoms with E-state index in [0.717, 1.165) is 56.5 Å². The fourth-order valence-electron chi connectivity index (χ4n) is 4.05. The molecule has 1 N–H and O–H groups in total. The molecule has 0 aliphatic carbocycles. The van der Waals surface area contributed by atoms with Crippen LogP contribution in [0.5, 0.6) is 0 Å². The monoisotopic (exact) mass is 402 g/mol. The van der Waals surface area contributed by atoms with Gasteiger partial charge in [-0.25, -0.2) is 0 Å². The third-order valence-electron chi connectivity index (χ3n) is 5.52. The zero-order valence-corrected chi connectivity index (χ0v) is 16.8. The summed E-state index contributed by atoms with van der Waals surface area (Å²) in [6, 6.07) is 12.2. The first-order valence-corrected chi connectivity index (χ1v) is 10.3. The van der Waals surface area contributed by atoms with E-state index in [1.54, 1.807) is 0 Å². The van der Waals surface area contributed by atoms with Crippen molar-refractivity contribution < 1.29 is 9.53 Å². The molecule has 1 unspecified atom stereocenters. The Morgan fingerprint density at radius 3 is 2.68 bits per heavy atom.